The Bertz CT molecular complexity index is 650. The van der Waals surface area contributed by atoms with Crippen molar-refractivity contribution in [2.24, 2.45) is 5.92 Å². The molecule has 1 amide bonds. The number of hydrogen-bond donors (Lipinski definition) is 2. The summed E-state index contributed by atoms with van der Waals surface area (Å²) in [5.74, 6) is -1.45. The second-order valence-corrected chi connectivity index (χ2v) is 5.13. The van der Waals surface area contributed by atoms with E-state index in [0.717, 1.165) is 11.0 Å². The van der Waals surface area contributed by atoms with Gasteiger partial charge in [-0.3, -0.25) is 4.79 Å². The Balaban J connectivity index is 2.09. The highest BCUT2D eigenvalue weighted by atomic mass is 16.4. The van der Waals surface area contributed by atoms with Crippen molar-refractivity contribution >= 4 is 22.9 Å². The molecule has 0 aliphatic heterocycles. The van der Waals surface area contributed by atoms with E-state index in [0.29, 0.717) is 6.42 Å². The highest BCUT2D eigenvalue weighted by Gasteiger charge is 2.25. The van der Waals surface area contributed by atoms with Crippen molar-refractivity contribution in [1.82, 2.24) is 14.9 Å². The molecule has 0 saturated carbocycles. The highest BCUT2D eigenvalue weighted by Crippen LogP contribution is 2.12. The minimum absolute atomic E-state index is 0.0563. The summed E-state index contributed by atoms with van der Waals surface area (Å²) >= 11 is 0. The maximum atomic E-state index is 12.1. The third kappa shape index (κ3) is 3.39. The Labute approximate surface area is 122 Å². The van der Waals surface area contributed by atoms with Gasteiger partial charge in [0.05, 0.1) is 17.4 Å². The molecule has 21 heavy (non-hydrogen) atoms. The summed E-state index contributed by atoms with van der Waals surface area (Å²) in [6, 6.07) is 6.63. The molecule has 1 unspecified atom stereocenters. The van der Waals surface area contributed by atoms with Gasteiger partial charge in [-0.1, -0.05) is 32.4 Å². The Morgan fingerprint density at radius 2 is 2.10 bits per heavy atom. The first-order valence-electron chi connectivity index (χ1n) is 6.95. The SMILES string of the molecule is CCC(C)[C@H](NC(=O)Cn1cnc2ccccc21)C(=O)O. The van der Waals surface area contributed by atoms with Crippen molar-refractivity contribution < 1.29 is 14.7 Å². The fraction of sp³-hybridized carbons (Fsp3) is 0.400. The lowest BCUT2D eigenvalue weighted by atomic mass is 9.99. The topological polar surface area (TPSA) is 84.2 Å². The number of aromatic nitrogens is 2. The monoisotopic (exact) mass is 289 g/mol. The van der Waals surface area contributed by atoms with Crippen LogP contribution in [0.1, 0.15) is 20.3 Å². The molecule has 2 N–H and O–H groups in total. The summed E-state index contributed by atoms with van der Waals surface area (Å²) in [4.78, 5) is 27.5. The quantitative estimate of drug-likeness (QED) is 0.847. The van der Waals surface area contributed by atoms with Crippen molar-refractivity contribution in [2.45, 2.75) is 32.9 Å². The molecule has 6 nitrogen and oxygen atoms in total. The molecule has 0 bridgehead atoms. The lowest BCUT2D eigenvalue weighted by Gasteiger charge is -2.20. The first-order chi connectivity index (χ1) is 10.0. The molecule has 0 aliphatic rings. The number of rotatable bonds is 6. The summed E-state index contributed by atoms with van der Waals surface area (Å²) < 4.78 is 1.71. The van der Waals surface area contributed by atoms with Crippen LogP contribution in [0.15, 0.2) is 30.6 Å². The van der Waals surface area contributed by atoms with Crippen LogP contribution in [0.5, 0.6) is 0 Å². The van der Waals surface area contributed by atoms with Gasteiger partial charge in [-0.2, -0.15) is 0 Å². The number of amides is 1. The van der Waals surface area contributed by atoms with E-state index >= 15 is 0 Å². The first kappa shape index (κ1) is 15.0. The molecule has 6 heteroatoms. The molecule has 112 valence electrons. The molecule has 0 fully saturated rings. The molecular formula is C15H19N3O3. The van der Waals surface area contributed by atoms with Crippen LogP contribution < -0.4 is 5.32 Å². The minimum atomic E-state index is -1.01. The molecule has 0 radical (unpaired) electrons. The van der Waals surface area contributed by atoms with Crippen LogP contribution in [-0.2, 0) is 16.1 Å². The van der Waals surface area contributed by atoms with E-state index < -0.39 is 12.0 Å². The summed E-state index contributed by atoms with van der Waals surface area (Å²) in [6.45, 7) is 3.77. The number of carboxylic acid groups (broad SMARTS) is 1. The van der Waals surface area contributed by atoms with Gasteiger partial charge < -0.3 is 15.0 Å². The molecule has 1 aromatic heterocycles. The molecule has 2 rings (SSSR count). The first-order valence-corrected chi connectivity index (χ1v) is 6.95. The number of imidazole rings is 1. The van der Waals surface area contributed by atoms with Gasteiger partial charge in [0.15, 0.2) is 0 Å². The van der Waals surface area contributed by atoms with Crippen molar-refractivity contribution in [3.63, 3.8) is 0 Å². The number of nitrogens with zero attached hydrogens (tertiary/aromatic N) is 2. The maximum absolute atomic E-state index is 12.1. The third-order valence-electron chi connectivity index (χ3n) is 3.64. The van der Waals surface area contributed by atoms with E-state index in [2.05, 4.69) is 10.3 Å². The molecular weight excluding hydrogens is 270 g/mol. The fourth-order valence-corrected chi connectivity index (χ4v) is 2.19. The molecule has 0 saturated heterocycles. The van der Waals surface area contributed by atoms with E-state index in [1.807, 2.05) is 38.1 Å². The highest BCUT2D eigenvalue weighted by molar-refractivity contribution is 5.85. The van der Waals surface area contributed by atoms with Gasteiger partial charge in [0.2, 0.25) is 5.91 Å². The van der Waals surface area contributed by atoms with Gasteiger partial charge >= 0.3 is 5.97 Å². The predicted octanol–water partition coefficient (Wildman–Crippen LogP) is 1.65. The average Bonchev–Trinajstić information content (AvgIpc) is 2.87. The van der Waals surface area contributed by atoms with Crippen LogP contribution in [0.2, 0.25) is 0 Å². The number of aliphatic carboxylic acids is 1. The maximum Gasteiger partial charge on any atom is 0.326 e. The van der Waals surface area contributed by atoms with Crippen molar-refractivity contribution in [3.8, 4) is 0 Å². The normalized spacial score (nSPS) is 13.8. The van der Waals surface area contributed by atoms with Gasteiger partial charge in [-0.15, -0.1) is 0 Å². The largest absolute Gasteiger partial charge is 0.480 e. The van der Waals surface area contributed by atoms with E-state index in [-0.39, 0.29) is 18.4 Å². The molecule has 0 aliphatic carbocycles. The van der Waals surface area contributed by atoms with Gasteiger partial charge in [-0.05, 0) is 18.1 Å². The van der Waals surface area contributed by atoms with Crippen LogP contribution in [-0.4, -0.2) is 32.6 Å². The van der Waals surface area contributed by atoms with E-state index in [4.69, 9.17) is 0 Å². The molecule has 2 atom stereocenters. The van der Waals surface area contributed by atoms with Crippen molar-refractivity contribution in [2.75, 3.05) is 0 Å². The van der Waals surface area contributed by atoms with Crippen LogP contribution >= 0.6 is 0 Å². The Morgan fingerprint density at radius 1 is 1.38 bits per heavy atom. The smallest absolute Gasteiger partial charge is 0.326 e. The number of fused-ring (bicyclic) bond motifs is 1. The average molecular weight is 289 g/mol. The number of carbonyl (C=O) groups excluding carboxylic acids is 1. The van der Waals surface area contributed by atoms with Gasteiger partial charge in [0.1, 0.15) is 12.6 Å². The number of para-hydroxylation sites is 2. The van der Waals surface area contributed by atoms with Crippen LogP contribution in [0.25, 0.3) is 11.0 Å². The summed E-state index contributed by atoms with van der Waals surface area (Å²) in [5, 5.41) is 11.8. The lowest BCUT2D eigenvalue weighted by molar-refractivity contribution is -0.143. The summed E-state index contributed by atoms with van der Waals surface area (Å²) in [5.41, 5.74) is 1.66. The lowest BCUT2D eigenvalue weighted by Crippen LogP contribution is -2.46. The van der Waals surface area contributed by atoms with Gasteiger partial charge in [-0.25, -0.2) is 9.78 Å². The third-order valence-corrected chi connectivity index (χ3v) is 3.64. The van der Waals surface area contributed by atoms with E-state index in [9.17, 15) is 14.7 Å². The molecule has 1 heterocycles. The Hall–Kier alpha value is -2.37. The number of benzene rings is 1. The van der Waals surface area contributed by atoms with Gasteiger partial charge in [0.25, 0.3) is 0 Å². The number of carbonyl (C=O) groups is 2. The standard InChI is InChI=1S/C15H19N3O3/c1-3-10(2)14(15(20)21)17-13(19)8-18-9-16-11-6-4-5-7-12(11)18/h4-7,9-10,14H,3,8H2,1-2H3,(H,17,19)(H,20,21)/t10?,14-/m0/s1. The Kier molecular flexibility index (Phi) is 4.57. The second-order valence-electron chi connectivity index (χ2n) is 5.13. The minimum Gasteiger partial charge on any atom is -0.480 e. The van der Waals surface area contributed by atoms with Crippen LogP contribution in [0.3, 0.4) is 0 Å². The second kappa shape index (κ2) is 6.39. The predicted molar refractivity (Wildman–Crippen MR) is 78.8 cm³/mol. The van der Waals surface area contributed by atoms with Crippen LogP contribution in [0, 0.1) is 5.92 Å². The zero-order valence-corrected chi connectivity index (χ0v) is 12.1. The van der Waals surface area contributed by atoms with Gasteiger partial charge in [0, 0.05) is 0 Å². The zero-order chi connectivity index (χ0) is 15.4. The van der Waals surface area contributed by atoms with E-state index in [1.165, 1.54) is 0 Å². The Morgan fingerprint density at radius 3 is 2.76 bits per heavy atom. The molecule has 0 spiro atoms. The van der Waals surface area contributed by atoms with E-state index in [1.54, 1.807) is 10.9 Å². The molecule has 2 aromatic rings. The zero-order valence-electron chi connectivity index (χ0n) is 12.1. The number of hydrogen-bond acceptors (Lipinski definition) is 3. The van der Waals surface area contributed by atoms with Crippen molar-refractivity contribution in [3.05, 3.63) is 30.6 Å². The number of carboxylic acids is 1. The van der Waals surface area contributed by atoms with Crippen molar-refractivity contribution in [1.29, 1.82) is 0 Å². The molecule has 1 aromatic carbocycles. The summed E-state index contributed by atoms with van der Waals surface area (Å²) in [6.07, 6.45) is 2.27. The summed E-state index contributed by atoms with van der Waals surface area (Å²) in [7, 11) is 0. The fourth-order valence-electron chi connectivity index (χ4n) is 2.19. The van der Waals surface area contributed by atoms with Crippen LogP contribution in [0.4, 0.5) is 0 Å². The number of nitrogens with one attached hydrogen (secondary N) is 1.